The lowest BCUT2D eigenvalue weighted by Gasteiger charge is -2.28. The van der Waals surface area contributed by atoms with Crippen molar-refractivity contribution >= 4 is 28.2 Å². The summed E-state index contributed by atoms with van der Waals surface area (Å²) in [6.07, 6.45) is 3.57. The van der Waals surface area contributed by atoms with Gasteiger partial charge in [0, 0.05) is 23.0 Å². The van der Waals surface area contributed by atoms with Gasteiger partial charge < -0.3 is 9.32 Å². The number of rotatable bonds is 7. The number of para-hydroxylation sites is 1. The zero-order valence-corrected chi connectivity index (χ0v) is 16.6. The van der Waals surface area contributed by atoms with Gasteiger partial charge in [-0.1, -0.05) is 48.5 Å². The molecule has 2 aromatic carbocycles. The summed E-state index contributed by atoms with van der Waals surface area (Å²) in [5.41, 5.74) is 2.01. The molecule has 4 aromatic rings. The SMILES string of the molecule is C[C@H](CCc1ccccc1)N(Cc1nccs1)C(=O)c1cc2ccccc2o1. The first-order chi connectivity index (χ1) is 13.7. The smallest absolute Gasteiger partial charge is 0.290 e. The van der Waals surface area contributed by atoms with Gasteiger partial charge in [0.05, 0.1) is 6.54 Å². The maximum absolute atomic E-state index is 13.3. The Bertz CT molecular complexity index is 1010. The monoisotopic (exact) mass is 390 g/mol. The lowest BCUT2D eigenvalue weighted by atomic mass is 10.0. The van der Waals surface area contributed by atoms with Crippen molar-refractivity contribution in [2.75, 3.05) is 0 Å². The number of carbonyl (C=O) groups is 1. The molecular weight excluding hydrogens is 368 g/mol. The van der Waals surface area contributed by atoms with Crippen LogP contribution in [0.4, 0.5) is 0 Å². The Morgan fingerprint density at radius 3 is 2.68 bits per heavy atom. The van der Waals surface area contributed by atoms with Crippen LogP contribution in [-0.4, -0.2) is 21.8 Å². The van der Waals surface area contributed by atoms with Gasteiger partial charge in [-0.15, -0.1) is 11.3 Å². The predicted octanol–water partition coefficient (Wildman–Crippen LogP) is 5.55. The molecule has 0 saturated carbocycles. The Kier molecular flexibility index (Phi) is 5.53. The Morgan fingerprint density at radius 2 is 1.93 bits per heavy atom. The number of aryl methyl sites for hydroxylation is 1. The van der Waals surface area contributed by atoms with Crippen molar-refractivity contribution in [3.05, 3.63) is 88.6 Å². The fourth-order valence-electron chi connectivity index (χ4n) is 3.31. The van der Waals surface area contributed by atoms with Crippen LogP contribution in [0.3, 0.4) is 0 Å². The fourth-order valence-corrected chi connectivity index (χ4v) is 3.92. The zero-order chi connectivity index (χ0) is 19.3. The Balaban J connectivity index is 1.55. The molecular formula is C23H22N2O2S. The third-order valence-electron chi connectivity index (χ3n) is 4.91. The summed E-state index contributed by atoms with van der Waals surface area (Å²) in [7, 11) is 0. The molecule has 0 saturated heterocycles. The molecule has 0 bridgehead atoms. The lowest BCUT2D eigenvalue weighted by molar-refractivity contribution is 0.0637. The van der Waals surface area contributed by atoms with Crippen LogP contribution in [0.5, 0.6) is 0 Å². The average Bonchev–Trinajstić information content (AvgIpc) is 3.40. The highest BCUT2D eigenvalue weighted by Crippen LogP contribution is 2.23. The minimum absolute atomic E-state index is 0.0600. The van der Waals surface area contributed by atoms with E-state index in [1.54, 1.807) is 17.5 Å². The summed E-state index contributed by atoms with van der Waals surface area (Å²) in [4.78, 5) is 19.5. The molecule has 0 unspecified atom stereocenters. The van der Waals surface area contributed by atoms with Gasteiger partial charge in [0.2, 0.25) is 0 Å². The maximum Gasteiger partial charge on any atom is 0.290 e. The van der Waals surface area contributed by atoms with Crippen LogP contribution >= 0.6 is 11.3 Å². The molecule has 4 nitrogen and oxygen atoms in total. The van der Waals surface area contributed by atoms with E-state index in [4.69, 9.17) is 4.42 Å². The van der Waals surface area contributed by atoms with Crippen molar-refractivity contribution in [3.8, 4) is 0 Å². The van der Waals surface area contributed by atoms with E-state index in [0.717, 1.165) is 28.8 Å². The van der Waals surface area contributed by atoms with E-state index in [0.29, 0.717) is 12.3 Å². The highest BCUT2D eigenvalue weighted by atomic mass is 32.1. The van der Waals surface area contributed by atoms with Gasteiger partial charge in [-0.2, -0.15) is 0 Å². The minimum Gasteiger partial charge on any atom is -0.451 e. The molecule has 2 heterocycles. The molecule has 0 N–H and O–H groups in total. The van der Waals surface area contributed by atoms with E-state index in [9.17, 15) is 4.79 Å². The van der Waals surface area contributed by atoms with Crippen molar-refractivity contribution in [1.29, 1.82) is 0 Å². The molecule has 5 heteroatoms. The van der Waals surface area contributed by atoms with Crippen LogP contribution in [0.15, 0.2) is 76.7 Å². The summed E-state index contributed by atoms with van der Waals surface area (Å²) < 4.78 is 5.83. The van der Waals surface area contributed by atoms with E-state index >= 15 is 0 Å². The second-order valence-electron chi connectivity index (χ2n) is 6.88. The van der Waals surface area contributed by atoms with Gasteiger partial charge in [0.1, 0.15) is 10.6 Å². The Labute approximate surface area is 168 Å². The standard InChI is InChI=1S/C23H22N2O2S/c1-17(11-12-18-7-3-2-4-8-18)25(16-22-24-13-14-28-22)23(26)21-15-19-9-5-6-10-20(19)27-21/h2-10,13-15,17H,11-12,16H2,1H3/t17-/m1/s1. The first-order valence-corrected chi connectivity index (χ1v) is 10.3. The van der Waals surface area contributed by atoms with E-state index in [1.165, 1.54) is 5.56 Å². The molecule has 28 heavy (non-hydrogen) atoms. The molecule has 0 aliphatic carbocycles. The minimum atomic E-state index is -0.0908. The van der Waals surface area contributed by atoms with Gasteiger partial charge in [0.25, 0.3) is 5.91 Å². The number of nitrogens with zero attached hydrogens (tertiary/aromatic N) is 2. The summed E-state index contributed by atoms with van der Waals surface area (Å²) in [5.74, 6) is 0.288. The van der Waals surface area contributed by atoms with Crippen LogP contribution in [0.1, 0.15) is 34.5 Å². The van der Waals surface area contributed by atoms with Crippen LogP contribution in [0.25, 0.3) is 11.0 Å². The number of benzene rings is 2. The average molecular weight is 391 g/mol. The summed E-state index contributed by atoms with van der Waals surface area (Å²) in [6, 6.07) is 20.0. The number of thiazole rings is 1. The molecule has 142 valence electrons. The van der Waals surface area contributed by atoms with E-state index in [1.807, 2.05) is 58.8 Å². The number of amides is 1. The quantitative estimate of drug-likeness (QED) is 0.415. The first kappa shape index (κ1) is 18.4. The van der Waals surface area contributed by atoms with Crippen molar-refractivity contribution in [3.63, 3.8) is 0 Å². The third kappa shape index (κ3) is 4.15. The molecule has 1 amide bonds. The second-order valence-corrected chi connectivity index (χ2v) is 7.86. The maximum atomic E-state index is 13.3. The predicted molar refractivity (Wildman–Crippen MR) is 112 cm³/mol. The molecule has 2 aromatic heterocycles. The van der Waals surface area contributed by atoms with Crippen molar-refractivity contribution < 1.29 is 9.21 Å². The number of carbonyl (C=O) groups excluding carboxylic acids is 1. The topological polar surface area (TPSA) is 46.3 Å². The highest BCUT2D eigenvalue weighted by molar-refractivity contribution is 7.09. The van der Waals surface area contributed by atoms with E-state index in [-0.39, 0.29) is 11.9 Å². The van der Waals surface area contributed by atoms with E-state index in [2.05, 4.69) is 24.0 Å². The number of hydrogen-bond donors (Lipinski definition) is 0. The highest BCUT2D eigenvalue weighted by Gasteiger charge is 2.25. The van der Waals surface area contributed by atoms with Crippen molar-refractivity contribution in [2.45, 2.75) is 32.4 Å². The lowest BCUT2D eigenvalue weighted by Crippen LogP contribution is -2.38. The summed E-state index contributed by atoms with van der Waals surface area (Å²) in [5, 5.41) is 3.81. The van der Waals surface area contributed by atoms with Gasteiger partial charge in [-0.25, -0.2) is 4.98 Å². The Hall–Kier alpha value is -2.92. The second kappa shape index (κ2) is 8.40. The molecule has 4 rings (SSSR count). The van der Waals surface area contributed by atoms with Gasteiger partial charge >= 0.3 is 0 Å². The largest absolute Gasteiger partial charge is 0.451 e. The van der Waals surface area contributed by atoms with Gasteiger partial charge in [0.15, 0.2) is 5.76 Å². The normalized spacial score (nSPS) is 12.2. The van der Waals surface area contributed by atoms with Crippen LogP contribution in [-0.2, 0) is 13.0 Å². The first-order valence-electron chi connectivity index (χ1n) is 9.42. The van der Waals surface area contributed by atoms with Crippen molar-refractivity contribution in [2.24, 2.45) is 0 Å². The molecule has 0 aliphatic rings. The molecule has 0 radical (unpaired) electrons. The number of furan rings is 1. The van der Waals surface area contributed by atoms with Gasteiger partial charge in [-0.05, 0) is 37.5 Å². The van der Waals surface area contributed by atoms with Crippen LogP contribution in [0, 0.1) is 0 Å². The van der Waals surface area contributed by atoms with Crippen LogP contribution in [0.2, 0.25) is 0 Å². The van der Waals surface area contributed by atoms with Gasteiger partial charge in [-0.3, -0.25) is 4.79 Å². The van der Waals surface area contributed by atoms with Crippen molar-refractivity contribution in [1.82, 2.24) is 9.88 Å². The molecule has 0 spiro atoms. The number of hydrogen-bond acceptors (Lipinski definition) is 4. The Morgan fingerprint density at radius 1 is 1.14 bits per heavy atom. The van der Waals surface area contributed by atoms with E-state index < -0.39 is 0 Å². The zero-order valence-electron chi connectivity index (χ0n) is 15.7. The fraction of sp³-hybridized carbons (Fsp3) is 0.217. The molecule has 0 fully saturated rings. The van der Waals surface area contributed by atoms with Crippen LogP contribution < -0.4 is 0 Å². The third-order valence-corrected chi connectivity index (χ3v) is 5.68. The summed E-state index contributed by atoms with van der Waals surface area (Å²) >= 11 is 1.57. The molecule has 1 atom stereocenters. The number of fused-ring (bicyclic) bond motifs is 1. The number of aromatic nitrogens is 1. The molecule has 0 aliphatic heterocycles. The summed E-state index contributed by atoms with van der Waals surface area (Å²) in [6.45, 7) is 2.58.